The van der Waals surface area contributed by atoms with Gasteiger partial charge in [-0.05, 0) is 77.9 Å². The lowest BCUT2D eigenvalue weighted by Crippen LogP contribution is -2.15. The third-order valence-corrected chi connectivity index (χ3v) is 6.21. The van der Waals surface area contributed by atoms with Gasteiger partial charge in [-0.15, -0.1) is 0 Å². The fourth-order valence-corrected chi connectivity index (χ4v) is 4.49. The van der Waals surface area contributed by atoms with E-state index in [0.29, 0.717) is 12.0 Å². The zero-order valence-electron chi connectivity index (χ0n) is 18.0. The minimum absolute atomic E-state index is 0.162. The average molecular weight is 403 g/mol. The van der Waals surface area contributed by atoms with Crippen LogP contribution in [0, 0.1) is 12.7 Å². The van der Waals surface area contributed by atoms with Gasteiger partial charge in [0.1, 0.15) is 17.3 Å². The Morgan fingerprint density at radius 2 is 1.73 bits per heavy atom. The number of ether oxygens (including phenoxy) is 2. The molecule has 3 aromatic carbocycles. The van der Waals surface area contributed by atoms with E-state index in [1.807, 2.05) is 24.3 Å². The third-order valence-electron chi connectivity index (χ3n) is 6.21. The summed E-state index contributed by atoms with van der Waals surface area (Å²) in [6.07, 6.45) is 1.47. The van der Waals surface area contributed by atoms with Gasteiger partial charge in [-0.25, -0.2) is 4.39 Å². The predicted octanol–water partition coefficient (Wildman–Crippen LogP) is 6.51. The molecule has 0 fully saturated rings. The molecule has 3 heteroatoms. The summed E-state index contributed by atoms with van der Waals surface area (Å²) in [4.78, 5) is 0. The van der Waals surface area contributed by atoms with E-state index in [1.54, 1.807) is 20.3 Å². The van der Waals surface area contributed by atoms with Crippen LogP contribution in [0.1, 0.15) is 40.7 Å². The smallest absolute Gasteiger partial charge is 0.126 e. The number of halogens is 1. The van der Waals surface area contributed by atoms with Gasteiger partial charge in [0.25, 0.3) is 0 Å². The van der Waals surface area contributed by atoms with E-state index in [4.69, 9.17) is 9.47 Å². The van der Waals surface area contributed by atoms with Crippen molar-refractivity contribution in [1.82, 2.24) is 0 Å². The molecule has 1 unspecified atom stereocenters. The molecule has 0 radical (unpaired) electrons. The van der Waals surface area contributed by atoms with Crippen molar-refractivity contribution in [2.24, 2.45) is 0 Å². The van der Waals surface area contributed by atoms with Crippen LogP contribution in [-0.2, 0) is 12.8 Å². The van der Waals surface area contributed by atoms with Crippen LogP contribution >= 0.6 is 0 Å². The zero-order chi connectivity index (χ0) is 21.3. The number of methoxy groups -OCH3 is 2. The van der Waals surface area contributed by atoms with E-state index in [0.717, 1.165) is 29.0 Å². The van der Waals surface area contributed by atoms with Crippen molar-refractivity contribution >= 4 is 5.57 Å². The van der Waals surface area contributed by atoms with Crippen molar-refractivity contribution in [3.63, 3.8) is 0 Å². The van der Waals surface area contributed by atoms with Gasteiger partial charge >= 0.3 is 0 Å². The Morgan fingerprint density at radius 3 is 2.43 bits per heavy atom. The van der Waals surface area contributed by atoms with Crippen LogP contribution in [0.25, 0.3) is 5.57 Å². The van der Waals surface area contributed by atoms with Crippen LogP contribution in [0.15, 0.2) is 66.2 Å². The molecule has 30 heavy (non-hydrogen) atoms. The Labute approximate surface area is 178 Å². The molecule has 0 spiro atoms. The van der Waals surface area contributed by atoms with Gasteiger partial charge in [0, 0.05) is 12.3 Å². The second kappa shape index (κ2) is 8.35. The standard InChI is InChI=1S/C27H27FO2/c1-17-13-19(10-12-27(17)30-4)23-14-20-9-11-22(29-3)16-25(20)24(18(23)2)15-21-7-5-6-8-26(21)28/h5-13,16,23H,14-15H2,1-4H3. The van der Waals surface area contributed by atoms with Crippen molar-refractivity contribution < 1.29 is 13.9 Å². The summed E-state index contributed by atoms with van der Waals surface area (Å²) < 4.78 is 25.4. The second-order valence-electron chi connectivity index (χ2n) is 7.94. The minimum atomic E-state index is -0.162. The molecule has 1 aliphatic rings. The normalized spacial score (nSPS) is 15.7. The van der Waals surface area contributed by atoms with Gasteiger partial charge in [0.15, 0.2) is 0 Å². The maximum absolute atomic E-state index is 14.5. The fourth-order valence-electron chi connectivity index (χ4n) is 4.49. The Morgan fingerprint density at radius 1 is 0.933 bits per heavy atom. The molecule has 0 bridgehead atoms. The van der Waals surface area contributed by atoms with Gasteiger partial charge in [-0.2, -0.15) is 0 Å². The number of aryl methyl sites for hydroxylation is 1. The summed E-state index contributed by atoms with van der Waals surface area (Å²) in [5, 5.41) is 0. The fraction of sp³-hybridized carbons (Fsp3) is 0.259. The number of allylic oxidation sites excluding steroid dienone is 2. The molecule has 0 saturated heterocycles. The lowest BCUT2D eigenvalue weighted by molar-refractivity contribution is 0.411. The van der Waals surface area contributed by atoms with Crippen LogP contribution in [0.2, 0.25) is 0 Å². The van der Waals surface area contributed by atoms with Gasteiger partial charge in [0.2, 0.25) is 0 Å². The van der Waals surface area contributed by atoms with Crippen molar-refractivity contribution in [2.45, 2.75) is 32.6 Å². The number of rotatable bonds is 5. The molecule has 154 valence electrons. The SMILES string of the molecule is COc1ccc2c(c1)C(Cc1ccccc1F)=C(C)C(c1ccc(OC)c(C)c1)C2. The lowest BCUT2D eigenvalue weighted by atomic mass is 9.74. The van der Waals surface area contributed by atoms with Crippen LogP contribution in [0.4, 0.5) is 4.39 Å². The van der Waals surface area contributed by atoms with Crippen LogP contribution in [0.3, 0.4) is 0 Å². The molecule has 0 heterocycles. The van der Waals surface area contributed by atoms with E-state index in [2.05, 4.69) is 38.1 Å². The molecule has 0 amide bonds. The number of hydrogen-bond acceptors (Lipinski definition) is 2. The largest absolute Gasteiger partial charge is 0.497 e. The van der Waals surface area contributed by atoms with Crippen LogP contribution in [-0.4, -0.2) is 14.2 Å². The molecule has 3 aromatic rings. The highest BCUT2D eigenvalue weighted by Gasteiger charge is 2.27. The number of benzene rings is 3. The molecule has 0 saturated carbocycles. The highest BCUT2D eigenvalue weighted by Crippen LogP contribution is 2.43. The molecule has 1 aliphatic carbocycles. The predicted molar refractivity (Wildman–Crippen MR) is 120 cm³/mol. The Balaban J connectivity index is 1.84. The second-order valence-corrected chi connectivity index (χ2v) is 7.94. The van der Waals surface area contributed by atoms with Gasteiger partial charge in [-0.3, -0.25) is 0 Å². The molecule has 0 N–H and O–H groups in total. The average Bonchev–Trinajstić information content (AvgIpc) is 2.76. The Hall–Kier alpha value is -3.07. The highest BCUT2D eigenvalue weighted by molar-refractivity contribution is 5.77. The molecule has 2 nitrogen and oxygen atoms in total. The van der Waals surface area contributed by atoms with Gasteiger partial charge < -0.3 is 9.47 Å². The maximum Gasteiger partial charge on any atom is 0.126 e. The van der Waals surface area contributed by atoms with E-state index in [1.165, 1.54) is 28.3 Å². The minimum Gasteiger partial charge on any atom is -0.497 e. The molecule has 0 aliphatic heterocycles. The first-order valence-electron chi connectivity index (χ1n) is 10.3. The highest BCUT2D eigenvalue weighted by atomic mass is 19.1. The molecular formula is C27H27FO2. The first-order chi connectivity index (χ1) is 14.5. The molecule has 1 atom stereocenters. The van der Waals surface area contributed by atoms with Crippen molar-refractivity contribution in [2.75, 3.05) is 14.2 Å². The lowest BCUT2D eigenvalue weighted by Gasteiger charge is -2.30. The topological polar surface area (TPSA) is 18.5 Å². The van der Waals surface area contributed by atoms with Gasteiger partial charge in [0.05, 0.1) is 14.2 Å². The molecule has 0 aromatic heterocycles. The number of hydrogen-bond donors (Lipinski definition) is 0. The Kier molecular flexibility index (Phi) is 5.63. The summed E-state index contributed by atoms with van der Waals surface area (Å²) in [7, 11) is 3.38. The van der Waals surface area contributed by atoms with Crippen molar-refractivity contribution in [3.8, 4) is 11.5 Å². The summed E-state index contributed by atoms with van der Waals surface area (Å²) in [5.74, 6) is 1.81. The third kappa shape index (κ3) is 3.72. The zero-order valence-corrected chi connectivity index (χ0v) is 18.0. The molecule has 4 rings (SSSR count). The van der Waals surface area contributed by atoms with Crippen molar-refractivity contribution in [1.29, 1.82) is 0 Å². The first kappa shape index (κ1) is 20.2. The maximum atomic E-state index is 14.5. The van der Waals surface area contributed by atoms with Gasteiger partial charge in [-0.1, -0.05) is 42.0 Å². The van der Waals surface area contributed by atoms with E-state index >= 15 is 0 Å². The first-order valence-corrected chi connectivity index (χ1v) is 10.3. The van der Waals surface area contributed by atoms with Crippen molar-refractivity contribution in [3.05, 3.63) is 99.9 Å². The number of fused-ring (bicyclic) bond motifs is 1. The quantitative estimate of drug-likeness (QED) is 0.484. The summed E-state index contributed by atoms with van der Waals surface area (Å²) in [6, 6.07) is 19.7. The monoisotopic (exact) mass is 402 g/mol. The summed E-state index contributed by atoms with van der Waals surface area (Å²) >= 11 is 0. The van der Waals surface area contributed by atoms with Crippen LogP contribution in [0.5, 0.6) is 11.5 Å². The Bertz CT molecular complexity index is 1110. The van der Waals surface area contributed by atoms with E-state index < -0.39 is 0 Å². The molecular weight excluding hydrogens is 375 g/mol. The summed E-state index contributed by atoms with van der Waals surface area (Å²) in [5.41, 5.74) is 7.99. The summed E-state index contributed by atoms with van der Waals surface area (Å²) in [6.45, 7) is 4.26. The van der Waals surface area contributed by atoms with E-state index in [-0.39, 0.29) is 11.7 Å². The van der Waals surface area contributed by atoms with Crippen LogP contribution < -0.4 is 9.47 Å². The van der Waals surface area contributed by atoms with E-state index in [9.17, 15) is 4.39 Å².